The third-order valence-electron chi connectivity index (χ3n) is 2.30. The van der Waals surface area contributed by atoms with Gasteiger partial charge in [0.2, 0.25) is 0 Å². The van der Waals surface area contributed by atoms with E-state index in [1.807, 2.05) is 20.8 Å². The molecule has 1 aliphatic heterocycles. The molecule has 0 saturated carbocycles. The molecular formula is C12H23NO3. The van der Waals surface area contributed by atoms with Gasteiger partial charge in [-0.05, 0) is 20.8 Å². The van der Waals surface area contributed by atoms with Crippen molar-refractivity contribution >= 4 is 5.97 Å². The third-order valence-corrected chi connectivity index (χ3v) is 2.30. The average Bonchev–Trinajstić information content (AvgIpc) is 2.23. The maximum Gasteiger partial charge on any atom is 0.326 e. The van der Waals surface area contributed by atoms with Crippen LogP contribution < -0.4 is 5.32 Å². The number of ether oxygens (including phenoxy) is 2. The first-order valence-corrected chi connectivity index (χ1v) is 5.74. The predicted octanol–water partition coefficient (Wildman–Crippen LogP) is 1.34. The molecule has 1 saturated heterocycles. The van der Waals surface area contributed by atoms with E-state index < -0.39 is 5.60 Å². The first-order valence-electron chi connectivity index (χ1n) is 5.74. The Kier molecular flexibility index (Phi) is 3.97. The lowest BCUT2D eigenvalue weighted by atomic mass is 9.95. The van der Waals surface area contributed by atoms with E-state index in [4.69, 9.17) is 9.47 Å². The van der Waals surface area contributed by atoms with Gasteiger partial charge in [-0.25, -0.2) is 0 Å². The first kappa shape index (κ1) is 13.5. The Labute approximate surface area is 97.7 Å². The van der Waals surface area contributed by atoms with Crippen molar-refractivity contribution in [1.29, 1.82) is 0 Å². The molecule has 0 spiro atoms. The Morgan fingerprint density at radius 2 is 2.06 bits per heavy atom. The topological polar surface area (TPSA) is 47.6 Å². The summed E-state index contributed by atoms with van der Waals surface area (Å²) in [6.07, 6.45) is 0. The molecule has 0 amide bonds. The quantitative estimate of drug-likeness (QED) is 0.689. The van der Waals surface area contributed by atoms with Gasteiger partial charge in [0.15, 0.2) is 0 Å². The van der Waals surface area contributed by atoms with Gasteiger partial charge in [0.05, 0.1) is 13.2 Å². The maximum absolute atomic E-state index is 11.8. The zero-order chi connectivity index (χ0) is 12.4. The lowest BCUT2D eigenvalue weighted by Gasteiger charge is -2.24. The van der Waals surface area contributed by atoms with Crippen LogP contribution in [0.15, 0.2) is 0 Å². The van der Waals surface area contributed by atoms with Gasteiger partial charge in [-0.15, -0.1) is 0 Å². The van der Waals surface area contributed by atoms with Gasteiger partial charge in [0.1, 0.15) is 11.6 Å². The highest BCUT2D eigenvalue weighted by atomic mass is 16.6. The normalized spacial score (nSPS) is 25.9. The Morgan fingerprint density at radius 3 is 2.62 bits per heavy atom. The molecule has 4 nitrogen and oxygen atoms in total. The van der Waals surface area contributed by atoms with Gasteiger partial charge in [0, 0.05) is 12.0 Å². The molecule has 1 N–H and O–H groups in total. The monoisotopic (exact) mass is 229 g/mol. The molecule has 0 aliphatic carbocycles. The molecular weight excluding hydrogens is 206 g/mol. The fourth-order valence-electron chi connectivity index (χ4n) is 1.49. The van der Waals surface area contributed by atoms with Crippen LogP contribution in [0.3, 0.4) is 0 Å². The number of hydrogen-bond donors (Lipinski definition) is 1. The smallest absolute Gasteiger partial charge is 0.326 e. The van der Waals surface area contributed by atoms with Gasteiger partial charge in [-0.3, -0.25) is 4.79 Å². The Morgan fingerprint density at radius 1 is 1.44 bits per heavy atom. The van der Waals surface area contributed by atoms with Crippen LogP contribution in [-0.4, -0.2) is 37.4 Å². The van der Waals surface area contributed by atoms with Crippen LogP contribution in [0.4, 0.5) is 0 Å². The molecule has 0 aromatic heterocycles. The molecule has 0 aromatic rings. The molecule has 4 heteroatoms. The van der Waals surface area contributed by atoms with Crippen molar-refractivity contribution in [3.05, 3.63) is 0 Å². The summed E-state index contributed by atoms with van der Waals surface area (Å²) in [5.74, 6) is -0.231. The van der Waals surface area contributed by atoms with Gasteiger partial charge in [-0.1, -0.05) is 13.8 Å². The summed E-state index contributed by atoms with van der Waals surface area (Å²) in [7, 11) is 0. The van der Waals surface area contributed by atoms with E-state index in [0.29, 0.717) is 13.2 Å². The van der Waals surface area contributed by atoms with Crippen LogP contribution >= 0.6 is 0 Å². The number of hydrogen-bond acceptors (Lipinski definition) is 4. The van der Waals surface area contributed by atoms with Crippen molar-refractivity contribution in [1.82, 2.24) is 5.32 Å². The van der Waals surface area contributed by atoms with Crippen molar-refractivity contribution in [2.75, 3.05) is 19.8 Å². The minimum Gasteiger partial charge on any atom is -0.459 e. The standard InChI is InChI=1S/C12H23NO3/c1-11(2,3)16-10(14)9-6-15-8-12(4,5)7-13-9/h9,13H,6-8H2,1-5H3. The van der Waals surface area contributed by atoms with Gasteiger partial charge in [0.25, 0.3) is 0 Å². The second-order valence-corrected chi connectivity index (χ2v) is 6.15. The highest BCUT2D eigenvalue weighted by Crippen LogP contribution is 2.18. The highest BCUT2D eigenvalue weighted by Gasteiger charge is 2.30. The third kappa shape index (κ3) is 4.49. The second kappa shape index (κ2) is 4.72. The van der Waals surface area contributed by atoms with E-state index >= 15 is 0 Å². The van der Waals surface area contributed by atoms with Crippen LogP contribution in [0.1, 0.15) is 34.6 Å². The molecule has 0 bridgehead atoms. The molecule has 1 rings (SSSR count). The van der Waals surface area contributed by atoms with Crippen molar-refractivity contribution in [2.24, 2.45) is 5.41 Å². The molecule has 1 aliphatic rings. The number of esters is 1. The fourth-order valence-corrected chi connectivity index (χ4v) is 1.49. The number of carbonyl (C=O) groups excluding carboxylic acids is 1. The Hall–Kier alpha value is -0.610. The summed E-state index contributed by atoms with van der Waals surface area (Å²) in [6, 6.07) is -0.346. The molecule has 94 valence electrons. The van der Waals surface area contributed by atoms with E-state index in [2.05, 4.69) is 19.2 Å². The zero-order valence-corrected chi connectivity index (χ0v) is 10.9. The van der Waals surface area contributed by atoms with Gasteiger partial charge < -0.3 is 14.8 Å². The van der Waals surface area contributed by atoms with Crippen LogP contribution in [0, 0.1) is 5.41 Å². The average molecular weight is 229 g/mol. The summed E-state index contributed by atoms with van der Waals surface area (Å²) >= 11 is 0. The first-order chi connectivity index (χ1) is 7.20. The van der Waals surface area contributed by atoms with Crippen molar-refractivity contribution in [3.8, 4) is 0 Å². The fraction of sp³-hybridized carbons (Fsp3) is 0.917. The summed E-state index contributed by atoms with van der Waals surface area (Å²) in [6.45, 7) is 11.6. The number of nitrogens with one attached hydrogen (secondary N) is 1. The van der Waals surface area contributed by atoms with E-state index in [1.165, 1.54) is 0 Å². The molecule has 0 radical (unpaired) electrons. The minimum absolute atomic E-state index is 0.0662. The summed E-state index contributed by atoms with van der Waals surface area (Å²) in [5.41, 5.74) is -0.378. The molecule has 16 heavy (non-hydrogen) atoms. The highest BCUT2D eigenvalue weighted by molar-refractivity contribution is 5.76. The predicted molar refractivity (Wildman–Crippen MR) is 62.2 cm³/mol. The lowest BCUT2D eigenvalue weighted by Crippen LogP contribution is -2.44. The Balaban J connectivity index is 2.52. The molecule has 1 fully saturated rings. The zero-order valence-electron chi connectivity index (χ0n) is 10.9. The largest absolute Gasteiger partial charge is 0.459 e. The summed E-state index contributed by atoms with van der Waals surface area (Å²) < 4.78 is 10.8. The van der Waals surface area contributed by atoms with Crippen LogP contribution in [-0.2, 0) is 14.3 Å². The van der Waals surface area contributed by atoms with Crippen molar-refractivity contribution in [3.63, 3.8) is 0 Å². The molecule has 1 unspecified atom stereocenters. The molecule has 0 aromatic carbocycles. The van der Waals surface area contributed by atoms with Gasteiger partial charge in [-0.2, -0.15) is 0 Å². The van der Waals surface area contributed by atoms with Crippen LogP contribution in [0.25, 0.3) is 0 Å². The Bertz CT molecular complexity index is 255. The number of carbonyl (C=O) groups is 1. The molecule has 1 heterocycles. The van der Waals surface area contributed by atoms with E-state index in [9.17, 15) is 4.79 Å². The van der Waals surface area contributed by atoms with E-state index in [-0.39, 0.29) is 17.4 Å². The summed E-state index contributed by atoms with van der Waals surface area (Å²) in [5, 5.41) is 3.19. The van der Waals surface area contributed by atoms with Crippen molar-refractivity contribution < 1.29 is 14.3 Å². The van der Waals surface area contributed by atoms with Crippen LogP contribution in [0.2, 0.25) is 0 Å². The SMILES string of the molecule is CC1(C)CNC(C(=O)OC(C)(C)C)COC1. The number of rotatable bonds is 1. The van der Waals surface area contributed by atoms with Crippen molar-refractivity contribution in [2.45, 2.75) is 46.3 Å². The summed E-state index contributed by atoms with van der Waals surface area (Å²) in [4.78, 5) is 11.8. The van der Waals surface area contributed by atoms with E-state index in [0.717, 1.165) is 6.54 Å². The lowest BCUT2D eigenvalue weighted by molar-refractivity contribution is -0.158. The van der Waals surface area contributed by atoms with Gasteiger partial charge >= 0.3 is 5.97 Å². The van der Waals surface area contributed by atoms with E-state index in [1.54, 1.807) is 0 Å². The molecule has 1 atom stereocenters. The minimum atomic E-state index is -0.444. The second-order valence-electron chi connectivity index (χ2n) is 6.15. The van der Waals surface area contributed by atoms with Crippen LogP contribution in [0.5, 0.6) is 0 Å². The maximum atomic E-state index is 11.8.